The Morgan fingerprint density at radius 2 is 1.77 bits per heavy atom. The SMILES string of the molecule is CSN1CCN(C(=O)c2cnc3cc(F)c(F)cc3c2N2CCC(C)(C#N)CC2)CC1. The number of piperazine rings is 1. The summed E-state index contributed by atoms with van der Waals surface area (Å²) < 4.78 is 30.2. The minimum absolute atomic E-state index is 0.150. The van der Waals surface area contributed by atoms with Crippen LogP contribution in [0.3, 0.4) is 0 Å². The Labute approximate surface area is 184 Å². The third-order valence-corrected chi connectivity index (χ3v) is 7.23. The molecule has 0 unspecified atom stereocenters. The van der Waals surface area contributed by atoms with E-state index in [1.165, 1.54) is 6.20 Å². The van der Waals surface area contributed by atoms with E-state index >= 15 is 0 Å². The van der Waals surface area contributed by atoms with Crippen molar-refractivity contribution in [2.75, 3.05) is 50.4 Å². The molecule has 2 saturated heterocycles. The minimum Gasteiger partial charge on any atom is -0.370 e. The van der Waals surface area contributed by atoms with Gasteiger partial charge in [0.1, 0.15) is 0 Å². The number of rotatable bonds is 3. The van der Waals surface area contributed by atoms with Crippen LogP contribution in [0.4, 0.5) is 14.5 Å². The van der Waals surface area contributed by atoms with Gasteiger partial charge >= 0.3 is 0 Å². The number of piperidine rings is 1. The maximum atomic E-state index is 14.2. The fourth-order valence-electron chi connectivity index (χ4n) is 4.25. The Morgan fingerprint density at radius 1 is 1.13 bits per heavy atom. The van der Waals surface area contributed by atoms with Gasteiger partial charge in [-0.3, -0.25) is 9.78 Å². The molecule has 9 heteroatoms. The monoisotopic (exact) mass is 445 g/mol. The Hall–Kier alpha value is -2.44. The summed E-state index contributed by atoms with van der Waals surface area (Å²) in [7, 11) is 0. The molecule has 1 aromatic heterocycles. The van der Waals surface area contributed by atoms with Crippen molar-refractivity contribution in [3.8, 4) is 6.07 Å². The molecule has 0 spiro atoms. The van der Waals surface area contributed by atoms with E-state index in [2.05, 4.69) is 15.4 Å². The molecule has 2 aliphatic rings. The fraction of sp³-hybridized carbons (Fsp3) is 0.500. The van der Waals surface area contributed by atoms with Crippen LogP contribution in [-0.2, 0) is 0 Å². The molecule has 0 N–H and O–H groups in total. The van der Waals surface area contributed by atoms with Gasteiger partial charge in [-0.2, -0.15) is 5.26 Å². The van der Waals surface area contributed by atoms with Gasteiger partial charge in [0.15, 0.2) is 11.6 Å². The number of pyridine rings is 1. The van der Waals surface area contributed by atoms with Gasteiger partial charge in [0.25, 0.3) is 5.91 Å². The largest absolute Gasteiger partial charge is 0.370 e. The number of anilines is 1. The van der Waals surface area contributed by atoms with E-state index in [1.807, 2.05) is 18.1 Å². The van der Waals surface area contributed by atoms with Crippen LogP contribution in [0.2, 0.25) is 0 Å². The zero-order valence-electron chi connectivity index (χ0n) is 17.7. The Balaban J connectivity index is 1.75. The normalized spacial score (nSPS) is 19.5. The third-order valence-electron chi connectivity index (χ3n) is 6.35. The van der Waals surface area contributed by atoms with Crippen LogP contribution in [0.25, 0.3) is 10.9 Å². The second-order valence-electron chi connectivity index (χ2n) is 8.37. The van der Waals surface area contributed by atoms with E-state index in [-0.39, 0.29) is 5.91 Å². The lowest BCUT2D eigenvalue weighted by atomic mass is 9.81. The van der Waals surface area contributed by atoms with Crippen LogP contribution in [0, 0.1) is 28.4 Å². The number of amides is 1. The highest BCUT2D eigenvalue weighted by molar-refractivity contribution is 7.96. The molecule has 2 aromatic rings. The van der Waals surface area contributed by atoms with Crippen molar-refractivity contribution in [2.24, 2.45) is 5.41 Å². The van der Waals surface area contributed by atoms with Crippen LogP contribution < -0.4 is 4.90 Å². The highest BCUT2D eigenvalue weighted by Crippen LogP contribution is 2.37. The summed E-state index contributed by atoms with van der Waals surface area (Å²) >= 11 is 1.66. The minimum atomic E-state index is -0.965. The van der Waals surface area contributed by atoms with E-state index in [0.717, 1.165) is 25.2 Å². The second-order valence-corrected chi connectivity index (χ2v) is 9.25. The molecule has 164 valence electrons. The van der Waals surface area contributed by atoms with Crippen molar-refractivity contribution in [3.63, 3.8) is 0 Å². The molecule has 3 heterocycles. The predicted octanol–water partition coefficient (Wildman–Crippen LogP) is 3.68. The first kappa shape index (κ1) is 21.8. The zero-order valence-corrected chi connectivity index (χ0v) is 18.5. The number of nitriles is 1. The first-order valence-corrected chi connectivity index (χ1v) is 11.6. The van der Waals surface area contributed by atoms with Gasteiger partial charge in [-0.1, -0.05) is 11.9 Å². The zero-order chi connectivity index (χ0) is 22.2. The Morgan fingerprint density at radius 3 is 2.39 bits per heavy atom. The van der Waals surface area contributed by atoms with Crippen LogP contribution in [0.15, 0.2) is 18.3 Å². The van der Waals surface area contributed by atoms with Gasteiger partial charge in [0, 0.05) is 56.9 Å². The number of fused-ring (bicyclic) bond motifs is 1. The number of nitrogens with zero attached hydrogens (tertiary/aromatic N) is 5. The molecule has 2 fully saturated rings. The van der Waals surface area contributed by atoms with E-state index < -0.39 is 17.0 Å². The third kappa shape index (κ3) is 4.19. The highest BCUT2D eigenvalue weighted by Gasteiger charge is 2.33. The summed E-state index contributed by atoms with van der Waals surface area (Å²) in [5.74, 6) is -2.08. The lowest BCUT2D eigenvalue weighted by molar-refractivity contribution is 0.0704. The standard InChI is InChI=1S/C22H25F2N5OS/c1-22(14-25)3-5-27(6-4-22)20-15-11-17(23)18(24)12-19(15)26-13-16(20)21(30)28-7-9-29(31-2)10-8-28/h11-13H,3-10H2,1-2H3. The number of carbonyl (C=O) groups is 1. The Kier molecular flexibility index (Phi) is 6.04. The van der Waals surface area contributed by atoms with Gasteiger partial charge in [-0.25, -0.2) is 13.1 Å². The number of hydrogen-bond acceptors (Lipinski definition) is 6. The molecule has 1 aromatic carbocycles. The lowest BCUT2D eigenvalue weighted by Crippen LogP contribution is -2.47. The van der Waals surface area contributed by atoms with Crippen LogP contribution in [0.1, 0.15) is 30.1 Å². The summed E-state index contributed by atoms with van der Waals surface area (Å²) in [6.07, 6.45) is 4.77. The average Bonchev–Trinajstić information content (AvgIpc) is 2.79. The summed E-state index contributed by atoms with van der Waals surface area (Å²) in [5, 5.41) is 9.89. The van der Waals surface area contributed by atoms with E-state index in [0.29, 0.717) is 61.2 Å². The Bertz CT molecular complexity index is 1040. The first-order valence-electron chi connectivity index (χ1n) is 10.4. The van der Waals surface area contributed by atoms with Crippen molar-refractivity contribution < 1.29 is 13.6 Å². The molecule has 0 aliphatic carbocycles. The molecule has 0 atom stereocenters. The smallest absolute Gasteiger partial charge is 0.257 e. The number of carbonyl (C=O) groups excluding carboxylic acids is 1. The van der Waals surface area contributed by atoms with E-state index in [1.54, 1.807) is 16.8 Å². The maximum absolute atomic E-state index is 14.2. The summed E-state index contributed by atoms with van der Waals surface area (Å²) in [6.45, 7) is 5.79. The number of halogens is 2. The number of benzene rings is 1. The van der Waals surface area contributed by atoms with Gasteiger partial charge in [0.2, 0.25) is 0 Å². The second kappa shape index (κ2) is 8.60. The first-order chi connectivity index (χ1) is 14.8. The molecule has 4 rings (SSSR count). The molecule has 6 nitrogen and oxygen atoms in total. The molecule has 31 heavy (non-hydrogen) atoms. The molecule has 0 bridgehead atoms. The molecule has 2 aliphatic heterocycles. The van der Waals surface area contributed by atoms with Gasteiger partial charge in [-0.15, -0.1) is 0 Å². The topological polar surface area (TPSA) is 63.5 Å². The molecule has 0 saturated carbocycles. The molecule has 0 radical (unpaired) electrons. The van der Waals surface area contributed by atoms with E-state index in [9.17, 15) is 18.8 Å². The maximum Gasteiger partial charge on any atom is 0.257 e. The van der Waals surface area contributed by atoms with Crippen LogP contribution in [0.5, 0.6) is 0 Å². The van der Waals surface area contributed by atoms with Crippen molar-refractivity contribution in [2.45, 2.75) is 19.8 Å². The summed E-state index contributed by atoms with van der Waals surface area (Å²) in [6, 6.07) is 4.58. The van der Waals surface area contributed by atoms with Crippen molar-refractivity contribution >= 4 is 34.4 Å². The highest BCUT2D eigenvalue weighted by atomic mass is 32.2. The van der Waals surface area contributed by atoms with Gasteiger partial charge in [-0.05, 0) is 32.1 Å². The van der Waals surface area contributed by atoms with Gasteiger partial charge in [0.05, 0.1) is 28.3 Å². The van der Waals surface area contributed by atoms with Gasteiger partial charge < -0.3 is 9.80 Å². The number of aromatic nitrogens is 1. The molecular weight excluding hydrogens is 420 g/mol. The summed E-state index contributed by atoms with van der Waals surface area (Å²) in [4.78, 5) is 21.5. The molecular formula is C22H25F2N5OS. The number of hydrogen-bond donors (Lipinski definition) is 0. The van der Waals surface area contributed by atoms with Crippen molar-refractivity contribution in [1.82, 2.24) is 14.2 Å². The average molecular weight is 446 g/mol. The molecule has 1 amide bonds. The van der Waals surface area contributed by atoms with E-state index in [4.69, 9.17) is 0 Å². The fourth-order valence-corrected chi connectivity index (χ4v) is 4.78. The van der Waals surface area contributed by atoms with Crippen molar-refractivity contribution in [3.05, 3.63) is 35.5 Å². The lowest BCUT2D eigenvalue weighted by Gasteiger charge is -2.38. The van der Waals surface area contributed by atoms with Crippen molar-refractivity contribution in [1.29, 1.82) is 5.26 Å². The van der Waals surface area contributed by atoms with Crippen LogP contribution >= 0.6 is 11.9 Å². The quantitative estimate of drug-likeness (QED) is 0.672. The predicted molar refractivity (Wildman–Crippen MR) is 118 cm³/mol. The summed E-state index contributed by atoms with van der Waals surface area (Å²) in [5.41, 5.74) is 0.874. The van der Waals surface area contributed by atoms with Crippen LogP contribution in [-0.4, -0.2) is 65.6 Å².